The fraction of sp³-hybridized carbons (Fsp3) is 0.667. The Hall–Kier alpha value is -1.89. The van der Waals surface area contributed by atoms with E-state index in [0.717, 1.165) is 49.7 Å². The highest BCUT2D eigenvalue weighted by molar-refractivity contribution is 7.91. The molecule has 258 valence electrons. The third-order valence-electron chi connectivity index (χ3n) is 9.75. The van der Waals surface area contributed by atoms with Crippen molar-refractivity contribution in [1.29, 1.82) is 0 Å². The molecule has 0 aliphatic carbocycles. The molecule has 1 aromatic carbocycles. The van der Waals surface area contributed by atoms with Crippen molar-refractivity contribution in [3.8, 4) is 0 Å². The summed E-state index contributed by atoms with van der Waals surface area (Å²) in [4.78, 5) is 0.264. The number of nitrogens with two attached hydrogens (primary N) is 1. The van der Waals surface area contributed by atoms with Crippen molar-refractivity contribution < 1.29 is 37.2 Å². The smallest absolute Gasteiger partial charge is 0.178 e. The summed E-state index contributed by atoms with van der Waals surface area (Å²) in [5.41, 5.74) is 7.84. The van der Waals surface area contributed by atoms with Gasteiger partial charge in [-0.1, -0.05) is 44.4 Å². The largest absolute Gasteiger partial charge is 0.392 e. The average Bonchev–Trinajstić information content (AvgIpc) is 3.55. The first-order chi connectivity index (χ1) is 22.1. The van der Waals surface area contributed by atoms with E-state index in [9.17, 15) is 13.5 Å². The molecule has 3 aliphatic rings. The van der Waals surface area contributed by atoms with Crippen LogP contribution in [0.2, 0.25) is 0 Å². The van der Waals surface area contributed by atoms with Gasteiger partial charge < -0.3 is 34.5 Å². The van der Waals surface area contributed by atoms with E-state index in [1.807, 2.05) is 0 Å². The molecule has 3 saturated heterocycles. The Kier molecular flexibility index (Phi) is 14.0. The van der Waals surface area contributed by atoms with E-state index in [2.05, 4.69) is 26.7 Å². The SMILES string of the molecule is C=CCOCCC[C@H]1CC(=C)[C@H](CCC2C[C@@H](C)C(=C)C(C[C@@H]3OC(C[C@H](O)CN)[C@H](OC)C3CS(=O)(=O)c3ccccc3)O2)O1. The van der Waals surface area contributed by atoms with Crippen LogP contribution in [0.1, 0.15) is 58.3 Å². The molecule has 3 aliphatic heterocycles. The van der Waals surface area contributed by atoms with Crippen LogP contribution in [0.25, 0.3) is 0 Å². The molecule has 46 heavy (non-hydrogen) atoms. The van der Waals surface area contributed by atoms with Gasteiger partial charge in [0.25, 0.3) is 0 Å². The first kappa shape index (κ1) is 36.9. The second-order valence-corrected chi connectivity index (χ2v) is 15.2. The number of rotatable bonds is 18. The lowest BCUT2D eigenvalue weighted by Gasteiger charge is -2.38. The van der Waals surface area contributed by atoms with E-state index in [0.29, 0.717) is 19.6 Å². The van der Waals surface area contributed by atoms with E-state index < -0.39 is 40.2 Å². The van der Waals surface area contributed by atoms with Gasteiger partial charge in [-0.3, -0.25) is 0 Å². The Morgan fingerprint density at radius 1 is 1.07 bits per heavy atom. The van der Waals surface area contributed by atoms with E-state index in [1.54, 1.807) is 43.5 Å². The number of aliphatic hydroxyl groups is 1. The third-order valence-corrected chi connectivity index (χ3v) is 11.6. The zero-order chi connectivity index (χ0) is 33.3. The molecular formula is C36H55NO8S. The molecule has 0 bridgehead atoms. The van der Waals surface area contributed by atoms with Crippen molar-refractivity contribution in [3.63, 3.8) is 0 Å². The van der Waals surface area contributed by atoms with Gasteiger partial charge in [-0.05, 0) is 67.7 Å². The highest BCUT2D eigenvalue weighted by Crippen LogP contribution is 2.41. The van der Waals surface area contributed by atoms with Gasteiger partial charge in [-0.2, -0.15) is 0 Å². The summed E-state index contributed by atoms with van der Waals surface area (Å²) in [7, 11) is -2.07. The number of benzene rings is 1. The van der Waals surface area contributed by atoms with Crippen molar-refractivity contribution in [1.82, 2.24) is 0 Å². The number of sulfone groups is 1. The molecule has 0 amide bonds. The van der Waals surface area contributed by atoms with Gasteiger partial charge in [0.2, 0.25) is 0 Å². The summed E-state index contributed by atoms with van der Waals surface area (Å²) in [5, 5.41) is 10.4. The Labute approximate surface area is 276 Å². The molecule has 3 heterocycles. The summed E-state index contributed by atoms with van der Waals surface area (Å²) < 4.78 is 58.0. The maximum Gasteiger partial charge on any atom is 0.178 e. The molecule has 0 saturated carbocycles. The minimum absolute atomic E-state index is 0.00855. The van der Waals surface area contributed by atoms with Crippen LogP contribution in [0.5, 0.6) is 0 Å². The molecule has 3 N–H and O–H groups in total. The number of ether oxygens (including phenoxy) is 5. The molecule has 0 radical (unpaired) electrons. The van der Waals surface area contributed by atoms with E-state index >= 15 is 0 Å². The van der Waals surface area contributed by atoms with Gasteiger partial charge >= 0.3 is 0 Å². The second kappa shape index (κ2) is 17.5. The first-order valence-electron chi connectivity index (χ1n) is 16.8. The van der Waals surface area contributed by atoms with Crippen LogP contribution in [0, 0.1) is 11.8 Å². The van der Waals surface area contributed by atoms with Gasteiger partial charge in [-0.15, -0.1) is 6.58 Å². The predicted molar refractivity (Wildman–Crippen MR) is 179 cm³/mol. The lowest BCUT2D eigenvalue weighted by Crippen LogP contribution is -2.40. The van der Waals surface area contributed by atoms with Gasteiger partial charge in [0.1, 0.15) is 0 Å². The summed E-state index contributed by atoms with van der Waals surface area (Å²) in [6, 6.07) is 8.46. The lowest BCUT2D eigenvalue weighted by atomic mass is 9.83. The maximum atomic E-state index is 13.5. The van der Waals surface area contributed by atoms with Crippen LogP contribution in [-0.4, -0.2) is 95.0 Å². The molecule has 0 aromatic heterocycles. The predicted octanol–water partition coefficient (Wildman–Crippen LogP) is 4.79. The van der Waals surface area contributed by atoms with Crippen molar-refractivity contribution in [2.24, 2.45) is 17.6 Å². The average molecular weight is 662 g/mol. The van der Waals surface area contributed by atoms with Crippen LogP contribution in [-0.2, 0) is 33.5 Å². The van der Waals surface area contributed by atoms with Crippen LogP contribution in [0.4, 0.5) is 0 Å². The molecule has 1 aromatic rings. The molecule has 10 atom stereocenters. The molecule has 4 unspecified atom stereocenters. The van der Waals surface area contributed by atoms with E-state index in [1.165, 1.54) is 0 Å². The summed E-state index contributed by atoms with van der Waals surface area (Å²) in [5.74, 6) is -0.372. The number of aliphatic hydroxyl groups excluding tert-OH is 1. The van der Waals surface area contributed by atoms with Crippen LogP contribution >= 0.6 is 0 Å². The van der Waals surface area contributed by atoms with Gasteiger partial charge in [0, 0.05) is 39.0 Å². The minimum Gasteiger partial charge on any atom is -0.392 e. The highest BCUT2D eigenvalue weighted by atomic mass is 32.2. The summed E-state index contributed by atoms with van der Waals surface area (Å²) >= 11 is 0. The molecule has 9 nitrogen and oxygen atoms in total. The van der Waals surface area contributed by atoms with E-state index in [-0.39, 0.29) is 53.9 Å². The lowest BCUT2D eigenvalue weighted by molar-refractivity contribution is -0.0772. The van der Waals surface area contributed by atoms with Gasteiger partial charge in [0.15, 0.2) is 9.84 Å². The zero-order valence-electron chi connectivity index (χ0n) is 27.6. The van der Waals surface area contributed by atoms with Crippen LogP contribution in [0.15, 0.2) is 72.2 Å². The Morgan fingerprint density at radius 3 is 2.50 bits per heavy atom. The maximum absolute atomic E-state index is 13.5. The van der Waals surface area contributed by atoms with Crippen molar-refractivity contribution in [2.75, 3.05) is 32.6 Å². The van der Waals surface area contributed by atoms with Crippen LogP contribution < -0.4 is 5.73 Å². The number of hydrogen-bond acceptors (Lipinski definition) is 9. The van der Waals surface area contributed by atoms with E-state index in [4.69, 9.17) is 29.4 Å². The fourth-order valence-electron chi connectivity index (χ4n) is 7.18. The topological polar surface area (TPSA) is 127 Å². The normalized spacial score (nSPS) is 32.6. The zero-order valence-corrected chi connectivity index (χ0v) is 28.5. The Bertz CT molecular complexity index is 1240. The second-order valence-electron chi connectivity index (χ2n) is 13.2. The summed E-state index contributed by atoms with van der Waals surface area (Å²) in [6.45, 7) is 15.9. The standard InChI is InChI=1S/C36H55NO8S/c1-6-16-42-17-10-11-28-19-25(3)32(43-28)15-14-29-18-24(2)26(4)33(44-29)21-34-31(23-46(39,40)30-12-8-7-9-13-30)36(41-5)35(45-34)20-27(38)22-37/h6-9,12-13,24,27-29,31-36,38H,1,3-4,10-11,14-23,37H2,2,5H3/t24-,27+,28+,29?,31?,32+,33?,34+,35?,36-/m1/s1. The molecular weight excluding hydrogens is 606 g/mol. The Balaban J connectivity index is 1.40. The van der Waals surface area contributed by atoms with Crippen molar-refractivity contribution >= 4 is 9.84 Å². The third kappa shape index (κ3) is 9.82. The molecule has 0 spiro atoms. The number of hydrogen-bond donors (Lipinski definition) is 2. The summed E-state index contributed by atoms with van der Waals surface area (Å²) in [6.07, 6.45) is 5.38. The monoisotopic (exact) mass is 661 g/mol. The van der Waals surface area contributed by atoms with Gasteiger partial charge in [0.05, 0.1) is 66.1 Å². The molecule has 3 fully saturated rings. The van der Waals surface area contributed by atoms with Gasteiger partial charge in [-0.25, -0.2) is 8.42 Å². The Morgan fingerprint density at radius 2 is 1.80 bits per heavy atom. The van der Waals surface area contributed by atoms with Crippen molar-refractivity contribution in [2.45, 2.75) is 112 Å². The quantitative estimate of drug-likeness (QED) is 0.169. The molecule has 4 rings (SSSR count). The molecule has 10 heteroatoms. The fourth-order valence-corrected chi connectivity index (χ4v) is 8.86. The van der Waals surface area contributed by atoms with Crippen LogP contribution in [0.3, 0.4) is 0 Å². The minimum atomic E-state index is -3.63. The number of methoxy groups -OCH3 is 1. The van der Waals surface area contributed by atoms with Crippen molar-refractivity contribution in [3.05, 3.63) is 67.3 Å². The first-order valence-corrected chi connectivity index (χ1v) is 18.4. The highest BCUT2D eigenvalue weighted by Gasteiger charge is 2.49.